The summed E-state index contributed by atoms with van der Waals surface area (Å²) >= 11 is 5.12. The predicted octanol–water partition coefficient (Wildman–Crippen LogP) is 4.01. The molecule has 2 nitrogen and oxygen atoms in total. The number of para-hydroxylation sites is 1. The van der Waals surface area contributed by atoms with Crippen LogP contribution in [0, 0.1) is 12.8 Å². The minimum absolute atomic E-state index is 0.476. The summed E-state index contributed by atoms with van der Waals surface area (Å²) in [6.45, 7) is 3.12. The molecule has 0 unspecified atom stereocenters. The molecule has 1 aliphatic rings. The predicted molar refractivity (Wildman–Crippen MR) is 86.7 cm³/mol. The van der Waals surface area contributed by atoms with Crippen LogP contribution in [-0.4, -0.2) is 11.5 Å². The summed E-state index contributed by atoms with van der Waals surface area (Å²) in [6.07, 6.45) is 8.30. The Labute approximate surface area is 121 Å². The van der Waals surface area contributed by atoms with Gasteiger partial charge in [-0.15, -0.1) is 0 Å². The van der Waals surface area contributed by atoms with Gasteiger partial charge >= 0.3 is 0 Å². The van der Waals surface area contributed by atoms with Crippen molar-refractivity contribution < 1.29 is 0 Å². The third kappa shape index (κ3) is 3.93. The molecule has 0 aliphatic heterocycles. The third-order valence-corrected chi connectivity index (χ3v) is 4.34. The Kier molecular flexibility index (Phi) is 5.20. The lowest BCUT2D eigenvalue weighted by molar-refractivity contribution is 0.345. The highest BCUT2D eigenvalue weighted by Crippen LogP contribution is 2.27. The van der Waals surface area contributed by atoms with E-state index in [-0.39, 0.29) is 0 Å². The zero-order chi connectivity index (χ0) is 13.7. The summed E-state index contributed by atoms with van der Waals surface area (Å²) in [5, 5.41) is 3.54. The Morgan fingerprint density at radius 3 is 2.74 bits per heavy atom. The van der Waals surface area contributed by atoms with E-state index in [2.05, 4.69) is 18.3 Å². The monoisotopic (exact) mass is 276 g/mol. The Hall–Kier alpha value is -1.09. The molecule has 1 aromatic carbocycles. The van der Waals surface area contributed by atoms with Crippen LogP contribution in [0.1, 0.15) is 49.7 Å². The molecule has 1 saturated carbocycles. The summed E-state index contributed by atoms with van der Waals surface area (Å²) in [6, 6.07) is 6.11. The standard InChI is InChI=1S/C16H24N2S/c1-12-6-5-9-14(16(17)19)15(12)18-11-10-13-7-3-2-4-8-13/h5-6,9,13,18H,2-4,7-8,10-11H2,1H3,(H2,17,19). The lowest BCUT2D eigenvalue weighted by Gasteiger charge is -2.22. The maximum absolute atomic E-state index is 5.79. The van der Waals surface area contributed by atoms with Gasteiger partial charge in [0.25, 0.3) is 0 Å². The molecule has 0 radical (unpaired) electrons. The van der Waals surface area contributed by atoms with E-state index < -0.39 is 0 Å². The molecule has 0 spiro atoms. The van der Waals surface area contributed by atoms with Crippen LogP contribution >= 0.6 is 12.2 Å². The van der Waals surface area contributed by atoms with E-state index in [4.69, 9.17) is 18.0 Å². The maximum atomic E-state index is 5.79. The second-order valence-electron chi connectivity index (χ2n) is 5.58. The number of anilines is 1. The summed E-state index contributed by atoms with van der Waals surface area (Å²) in [5.74, 6) is 0.901. The SMILES string of the molecule is Cc1cccc(C(N)=S)c1NCCC1CCCCC1. The van der Waals surface area contributed by atoms with Crippen molar-refractivity contribution in [2.75, 3.05) is 11.9 Å². The molecule has 0 aromatic heterocycles. The van der Waals surface area contributed by atoms with Crippen LogP contribution in [0.4, 0.5) is 5.69 Å². The number of thiocarbonyl (C=S) groups is 1. The van der Waals surface area contributed by atoms with Gasteiger partial charge in [0, 0.05) is 17.8 Å². The normalized spacial score (nSPS) is 16.3. The van der Waals surface area contributed by atoms with Crippen molar-refractivity contribution in [1.82, 2.24) is 0 Å². The highest BCUT2D eigenvalue weighted by atomic mass is 32.1. The van der Waals surface area contributed by atoms with Crippen molar-refractivity contribution >= 4 is 22.9 Å². The van der Waals surface area contributed by atoms with Crippen LogP contribution in [0.15, 0.2) is 18.2 Å². The Morgan fingerprint density at radius 1 is 1.32 bits per heavy atom. The number of nitrogens with one attached hydrogen (secondary N) is 1. The van der Waals surface area contributed by atoms with Crippen LogP contribution < -0.4 is 11.1 Å². The first-order valence-corrected chi connectivity index (χ1v) is 7.72. The Bertz CT molecular complexity index is 436. The quantitative estimate of drug-likeness (QED) is 0.798. The molecule has 1 aromatic rings. The molecule has 0 heterocycles. The lowest BCUT2D eigenvalue weighted by Crippen LogP contribution is -2.17. The van der Waals surface area contributed by atoms with Gasteiger partial charge < -0.3 is 11.1 Å². The molecule has 1 fully saturated rings. The number of hydrogen-bond donors (Lipinski definition) is 2. The van der Waals surface area contributed by atoms with Crippen molar-refractivity contribution in [1.29, 1.82) is 0 Å². The average Bonchev–Trinajstić information content (AvgIpc) is 2.41. The first kappa shape index (κ1) is 14.3. The minimum Gasteiger partial charge on any atom is -0.389 e. The molecule has 0 bridgehead atoms. The third-order valence-electron chi connectivity index (χ3n) is 4.12. The van der Waals surface area contributed by atoms with Crippen LogP contribution in [0.25, 0.3) is 0 Å². The minimum atomic E-state index is 0.476. The van der Waals surface area contributed by atoms with Gasteiger partial charge in [0.1, 0.15) is 4.99 Å². The molecule has 0 saturated heterocycles. The van der Waals surface area contributed by atoms with Gasteiger partial charge in [-0.1, -0.05) is 56.5 Å². The van der Waals surface area contributed by atoms with Gasteiger partial charge in [-0.25, -0.2) is 0 Å². The van der Waals surface area contributed by atoms with Crippen LogP contribution in [0.3, 0.4) is 0 Å². The van der Waals surface area contributed by atoms with Gasteiger partial charge in [-0.2, -0.15) is 0 Å². The second-order valence-corrected chi connectivity index (χ2v) is 6.02. The molecular formula is C16H24N2S. The smallest absolute Gasteiger partial charge is 0.106 e. The number of aryl methyl sites for hydroxylation is 1. The first-order valence-electron chi connectivity index (χ1n) is 7.32. The molecule has 0 amide bonds. The molecule has 1 aliphatic carbocycles. The van der Waals surface area contributed by atoms with Crippen LogP contribution in [0.5, 0.6) is 0 Å². The Balaban J connectivity index is 1.93. The number of hydrogen-bond acceptors (Lipinski definition) is 2. The van der Waals surface area contributed by atoms with Gasteiger partial charge in [0.2, 0.25) is 0 Å². The lowest BCUT2D eigenvalue weighted by atomic mass is 9.87. The maximum Gasteiger partial charge on any atom is 0.106 e. The van der Waals surface area contributed by atoms with Gasteiger partial charge in [0.05, 0.1) is 0 Å². The number of nitrogens with two attached hydrogens (primary N) is 1. The summed E-state index contributed by atoms with van der Waals surface area (Å²) < 4.78 is 0. The summed E-state index contributed by atoms with van der Waals surface area (Å²) in [5.41, 5.74) is 9.09. The molecule has 0 atom stereocenters. The van der Waals surface area contributed by atoms with Crippen molar-refractivity contribution in [3.05, 3.63) is 29.3 Å². The largest absolute Gasteiger partial charge is 0.389 e. The van der Waals surface area contributed by atoms with E-state index in [1.807, 2.05) is 12.1 Å². The molecule has 2 rings (SSSR count). The first-order chi connectivity index (χ1) is 9.18. The second kappa shape index (κ2) is 6.90. The molecule has 104 valence electrons. The van der Waals surface area contributed by atoms with E-state index in [9.17, 15) is 0 Å². The van der Waals surface area contributed by atoms with Crippen LogP contribution in [-0.2, 0) is 0 Å². The van der Waals surface area contributed by atoms with Gasteiger partial charge in [-0.05, 0) is 30.9 Å². The number of benzene rings is 1. The van der Waals surface area contributed by atoms with Crippen molar-refractivity contribution in [2.24, 2.45) is 11.7 Å². The van der Waals surface area contributed by atoms with Crippen molar-refractivity contribution in [3.63, 3.8) is 0 Å². The van der Waals surface area contributed by atoms with E-state index >= 15 is 0 Å². The summed E-state index contributed by atoms with van der Waals surface area (Å²) in [7, 11) is 0. The average molecular weight is 276 g/mol. The highest BCUT2D eigenvalue weighted by Gasteiger charge is 2.13. The van der Waals surface area contributed by atoms with Gasteiger partial charge in [-0.3, -0.25) is 0 Å². The fourth-order valence-corrected chi connectivity index (χ4v) is 3.15. The molecule has 3 heteroatoms. The van der Waals surface area contributed by atoms with E-state index in [1.165, 1.54) is 44.1 Å². The fraction of sp³-hybridized carbons (Fsp3) is 0.562. The van der Waals surface area contributed by atoms with E-state index in [1.54, 1.807) is 0 Å². The topological polar surface area (TPSA) is 38.0 Å². The molecular weight excluding hydrogens is 252 g/mol. The Morgan fingerprint density at radius 2 is 2.05 bits per heavy atom. The highest BCUT2D eigenvalue weighted by molar-refractivity contribution is 7.80. The van der Waals surface area contributed by atoms with E-state index in [0.29, 0.717) is 4.99 Å². The zero-order valence-electron chi connectivity index (χ0n) is 11.7. The zero-order valence-corrected chi connectivity index (χ0v) is 12.6. The molecule has 3 N–H and O–H groups in total. The summed E-state index contributed by atoms with van der Waals surface area (Å²) in [4.78, 5) is 0.476. The number of rotatable bonds is 5. The van der Waals surface area contributed by atoms with Crippen LogP contribution in [0.2, 0.25) is 0 Å². The van der Waals surface area contributed by atoms with Crippen molar-refractivity contribution in [2.45, 2.75) is 45.4 Å². The van der Waals surface area contributed by atoms with Gasteiger partial charge in [0.15, 0.2) is 0 Å². The van der Waals surface area contributed by atoms with E-state index in [0.717, 1.165) is 23.7 Å². The van der Waals surface area contributed by atoms with Crippen molar-refractivity contribution in [3.8, 4) is 0 Å². The fourth-order valence-electron chi connectivity index (χ4n) is 2.98. The molecule has 19 heavy (non-hydrogen) atoms.